The summed E-state index contributed by atoms with van der Waals surface area (Å²) >= 11 is 1.48. The highest BCUT2D eigenvalue weighted by Gasteiger charge is 2.36. The minimum Gasteiger partial charge on any atom is -0.368 e. The normalized spacial score (nSPS) is 14.3. The van der Waals surface area contributed by atoms with Crippen molar-refractivity contribution >= 4 is 28.2 Å². The summed E-state index contributed by atoms with van der Waals surface area (Å²) in [5.41, 5.74) is 6.23. The number of H-pyrrole nitrogens is 1. The van der Waals surface area contributed by atoms with E-state index in [4.69, 9.17) is 5.73 Å². The van der Waals surface area contributed by atoms with Gasteiger partial charge in [0.25, 0.3) is 0 Å². The van der Waals surface area contributed by atoms with Gasteiger partial charge in [0.1, 0.15) is 10.6 Å². The van der Waals surface area contributed by atoms with Gasteiger partial charge in [0, 0.05) is 46.0 Å². The standard InChI is InChI=1S/C16H10F3N5S.C5H11N/c17-16(18,19)11-7-23-15(20)24-13(11)10-6-22-12-5-8(1-2-9(10)12)14-21-3-4-25-14;1-2-4-6-5-3-1/h1-7,22H,(H2,20,23,24);6H,1-5H2. The molecule has 1 fully saturated rings. The van der Waals surface area contributed by atoms with Gasteiger partial charge in [-0.15, -0.1) is 11.3 Å². The summed E-state index contributed by atoms with van der Waals surface area (Å²) in [5.74, 6) is -0.211. The second kappa shape index (κ2) is 9.03. The first-order chi connectivity index (χ1) is 14.9. The van der Waals surface area contributed by atoms with Crippen LogP contribution in [-0.2, 0) is 6.18 Å². The van der Waals surface area contributed by atoms with Crippen LogP contribution in [0.5, 0.6) is 0 Å². The maximum Gasteiger partial charge on any atom is 0.419 e. The van der Waals surface area contributed by atoms with Gasteiger partial charge in [-0.05, 0) is 32.0 Å². The number of alkyl halides is 3. The van der Waals surface area contributed by atoms with E-state index in [1.54, 1.807) is 12.3 Å². The average Bonchev–Trinajstić information content (AvgIpc) is 3.44. The van der Waals surface area contributed by atoms with Gasteiger partial charge in [0.05, 0.1) is 5.69 Å². The largest absolute Gasteiger partial charge is 0.419 e. The van der Waals surface area contributed by atoms with Crippen molar-refractivity contribution < 1.29 is 13.2 Å². The first-order valence-electron chi connectivity index (χ1n) is 9.85. The van der Waals surface area contributed by atoms with Crippen LogP contribution >= 0.6 is 11.3 Å². The van der Waals surface area contributed by atoms with E-state index in [0.717, 1.165) is 10.6 Å². The highest BCUT2D eigenvalue weighted by Crippen LogP contribution is 2.39. The number of thiazole rings is 1. The molecule has 4 heterocycles. The van der Waals surface area contributed by atoms with Crippen LogP contribution in [0.1, 0.15) is 24.8 Å². The van der Waals surface area contributed by atoms with Gasteiger partial charge in [0.2, 0.25) is 5.95 Å². The SMILES string of the molecule is C1CCNCC1.Nc1ncc(C(F)(F)F)c(-c2c[nH]c3cc(-c4nccs4)ccc23)n1. The van der Waals surface area contributed by atoms with Crippen LogP contribution in [0.4, 0.5) is 19.1 Å². The van der Waals surface area contributed by atoms with Crippen molar-refractivity contribution in [2.45, 2.75) is 25.4 Å². The smallest absolute Gasteiger partial charge is 0.368 e. The van der Waals surface area contributed by atoms with Crippen molar-refractivity contribution in [3.05, 3.63) is 47.7 Å². The Hall–Kier alpha value is -2.98. The van der Waals surface area contributed by atoms with Crippen molar-refractivity contribution in [2.75, 3.05) is 18.8 Å². The molecular formula is C21H21F3N6S. The molecule has 31 heavy (non-hydrogen) atoms. The average molecular weight is 447 g/mol. The number of aromatic nitrogens is 4. The lowest BCUT2D eigenvalue weighted by molar-refractivity contribution is -0.137. The molecule has 4 N–H and O–H groups in total. The van der Waals surface area contributed by atoms with Crippen molar-refractivity contribution in [1.82, 2.24) is 25.3 Å². The third kappa shape index (κ3) is 4.86. The Morgan fingerprint density at radius 2 is 1.87 bits per heavy atom. The van der Waals surface area contributed by atoms with Gasteiger partial charge in [-0.2, -0.15) is 13.2 Å². The number of anilines is 1. The summed E-state index contributed by atoms with van der Waals surface area (Å²) in [6.07, 6.45) is 3.54. The Kier molecular flexibility index (Phi) is 6.19. The van der Waals surface area contributed by atoms with Crippen LogP contribution < -0.4 is 11.1 Å². The van der Waals surface area contributed by atoms with Gasteiger partial charge in [-0.3, -0.25) is 0 Å². The van der Waals surface area contributed by atoms with E-state index in [0.29, 0.717) is 22.7 Å². The van der Waals surface area contributed by atoms with Crippen LogP contribution in [-0.4, -0.2) is 33.0 Å². The first-order valence-corrected chi connectivity index (χ1v) is 10.7. The topological polar surface area (TPSA) is 92.5 Å². The summed E-state index contributed by atoms with van der Waals surface area (Å²) in [6.45, 7) is 2.50. The highest BCUT2D eigenvalue weighted by atomic mass is 32.1. The number of hydrogen-bond donors (Lipinski definition) is 3. The first kappa shape index (κ1) is 21.3. The van der Waals surface area contributed by atoms with E-state index in [1.807, 2.05) is 17.5 Å². The molecule has 162 valence electrons. The summed E-state index contributed by atoms with van der Waals surface area (Å²) in [4.78, 5) is 14.5. The number of rotatable bonds is 2. The number of halogens is 3. The van der Waals surface area contributed by atoms with E-state index in [1.165, 1.54) is 49.9 Å². The van der Waals surface area contributed by atoms with Gasteiger partial charge in [0.15, 0.2) is 0 Å². The van der Waals surface area contributed by atoms with E-state index in [9.17, 15) is 13.2 Å². The molecule has 4 aromatic rings. The lowest BCUT2D eigenvalue weighted by Gasteiger charge is -2.11. The lowest BCUT2D eigenvalue weighted by atomic mass is 10.0. The fourth-order valence-electron chi connectivity index (χ4n) is 3.43. The molecule has 0 bridgehead atoms. The molecule has 0 spiro atoms. The van der Waals surface area contributed by atoms with Crippen molar-refractivity contribution in [2.24, 2.45) is 0 Å². The summed E-state index contributed by atoms with van der Waals surface area (Å²) in [5, 5.41) is 6.59. The monoisotopic (exact) mass is 446 g/mol. The van der Waals surface area contributed by atoms with Crippen LogP contribution in [0.2, 0.25) is 0 Å². The molecular weight excluding hydrogens is 425 g/mol. The molecule has 10 heteroatoms. The van der Waals surface area contributed by atoms with E-state index >= 15 is 0 Å². The fraction of sp³-hybridized carbons (Fsp3) is 0.286. The Balaban J connectivity index is 0.000000334. The van der Waals surface area contributed by atoms with Gasteiger partial charge < -0.3 is 16.0 Å². The van der Waals surface area contributed by atoms with E-state index in [2.05, 4.69) is 25.3 Å². The lowest BCUT2D eigenvalue weighted by Crippen LogP contribution is -2.21. The fourth-order valence-corrected chi connectivity index (χ4v) is 4.07. The van der Waals surface area contributed by atoms with Gasteiger partial charge in [-0.25, -0.2) is 15.0 Å². The molecule has 1 saturated heterocycles. The molecule has 0 saturated carbocycles. The third-order valence-electron chi connectivity index (χ3n) is 4.94. The summed E-state index contributed by atoms with van der Waals surface area (Å²) in [7, 11) is 0. The number of hydrogen-bond acceptors (Lipinski definition) is 6. The number of piperidine rings is 1. The van der Waals surface area contributed by atoms with Crippen molar-refractivity contribution in [1.29, 1.82) is 0 Å². The van der Waals surface area contributed by atoms with Crippen LogP contribution in [0, 0.1) is 0 Å². The molecule has 1 aliphatic rings. The van der Waals surface area contributed by atoms with Gasteiger partial charge in [-0.1, -0.05) is 18.6 Å². The Morgan fingerprint density at radius 1 is 1.06 bits per heavy atom. The van der Waals surface area contributed by atoms with Gasteiger partial charge >= 0.3 is 6.18 Å². The van der Waals surface area contributed by atoms with E-state index < -0.39 is 11.7 Å². The second-order valence-electron chi connectivity index (χ2n) is 7.10. The molecule has 6 nitrogen and oxygen atoms in total. The molecule has 0 radical (unpaired) electrons. The zero-order valence-electron chi connectivity index (χ0n) is 16.5. The third-order valence-corrected chi connectivity index (χ3v) is 5.76. The minimum atomic E-state index is -4.58. The molecule has 3 aromatic heterocycles. The Labute approximate surface area is 180 Å². The van der Waals surface area contributed by atoms with Crippen molar-refractivity contribution in [3.63, 3.8) is 0 Å². The summed E-state index contributed by atoms with van der Waals surface area (Å²) < 4.78 is 39.9. The zero-order chi connectivity index (χ0) is 21.8. The minimum absolute atomic E-state index is 0.211. The number of nitrogen functional groups attached to an aromatic ring is 1. The molecule has 0 aliphatic carbocycles. The second-order valence-corrected chi connectivity index (χ2v) is 7.99. The summed E-state index contributed by atoms with van der Waals surface area (Å²) in [6, 6.07) is 5.40. The Bertz CT molecular complexity index is 1140. The number of nitrogens with two attached hydrogens (primary N) is 1. The van der Waals surface area contributed by atoms with Crippen LogP contribution in [0.3, 0.4) is 0 Å². The van der Waals surface area contributed by atoms with Crippen LogP contribution in [0.15, 0.2) is 42.2 Å². The predicted octanol–water partition coefficient (Wildman–Crippen LogP) is 5.11. The molecule has 0 atom stereocenters. The number of aromatic amines is 1. The number of benzene rings is 1. The molecule has 1 aliphatic heterocycles. The predicted molar refractivity (Wildman–Crippen MR) is 117 cm³/mol. The zero-order valence-corrected chi connectivity index (χ0v) is 17.4. The number of fused-ring (bicyclic) bond motifs is 1. The molecule has 1 aromatic carbocycles. The van der Waals surface area contributed by atoms with Crippen molar-refractivity contribution in [3.8, 4) is 21.8 Å². The number of nitrogens with one attached hydrogen (secondary N) is 2. The molecule has 0 amide bonds. The maximum absolute atomic E-state index is 13.3. The highest BCUT2D eigenvalue weighted by molar-refractivity contribution is 7.13. The quantitative estimate of drug-likeness (QED) is 0.398. The number of nitrogens with zero attached hydrogens (tertiary/aromatic N) is 3. The molecule has 0 unspecified atom stereocenters. The maximum atomic E-state index is 13.3. The van der Waals surface area contributed by atoms with E-state index in [-0.39, 0.29) is 11.6 Å². The Morgan fingerprint density at radius 3 is 2.48 bits per heavy atom. The van der Waals surface area contributed by atoms with Crippen LogP contribution in [0.25, 0.3) is 32.7 Å². The molecule has 5 rings (SSSR count).